The molecule has 1 N–H and O–H groups in total. The molecule has 146 valence electrons. The molecule has 0 aliphatic carbocycles. The number of halogens is 1. The van der Waals surface area contributed by atoms with E-state index >= 15 is 0 Å². The first-order chi connectivity index (χ1) is 13.2. The van der Waals surface area contributed by atoms with Crippen LogP contribution in [-0.4, -0.2) is 37.7 Å². The van der Waals surface area contributed by atoms with Crippen molar-refractivity contribution in [1.29, 1.82) is 0 Å². The summed E-state index contributed by atoms with van der Waals surface area (Å²) in [5.41, 5.74) is 2.20. The van der Waals surface area contributed by atoms with Crippen molar-refractivity contribution in [2.45, 2.75) is 39.0 Å². The summed E-state index contributed by atoms with van der Waals surface area (Å²) >= 11 is 6.49. The molecule has 0 unspecified atom stereocenters. The Morgan fingerprint density at radius 3 is 2.74 bits per heavy atom. The van der Waals surface area contributed by atoms with Gasteiger partial charge >= 0.3 is 0 Å². The SMILES string of the molecule is CCN1CCC[C@@H]1CNCc1cc(Cl)c(OCc2ccccc2)c(OC)c1. The van der Waals surface area contributed by atoms with E-state index in [2.05, 4.69) is 17.1 Å². The molecule has 1 atom stereocenters. The zero-order chi connectivity index (χ0) is 19.1. The standard InChI is InChI=1S/C22H29ClN2O2/c1-3-25-11-7-10-19(25)15-24-14-18-12-20(23)22(21(13-18)26-2)27-16-17-8-5-4-6-9-17/h4-6,8-9,12-13,19,24H,3,7,10-11,14-16H2,1-2H3/t19-/m1/s1. The fourth-order valence-electron chi connectivity index (χ4n) is 3.67. The van der Waals surface area contributed by atoms with Crippen molar-refractivity contribution < 1.29 is 9.47 Å². The van der Waals surface area contributed by atoms with Crippen molar-refractivity contribution in [3.8, 4) is 11.5 Å². The van der Waals surface area contributed by atoms with E-state index < -0.39 is 0 Å². The highest BCUT2D eigenvalue weighted by Gasteiger charge is 2.22. The van der Waals surface area contributed by atoms with Gasteiger partial charge in [-0.1, -0.05) is 48.9 Å². The number of benzene rings is 2. The third-order valence-electron chi connectivity index (χ3n) is 5.13. The van der Waals surface area contributed by atoms with Gasteiger partial charge in [0, 0.05) is 19.1 Å². The molecule has 1 aliphatic heterocycles. The third-order valence-corrected chi connectivity index (χ3v) is 5.41. The number of nitrogens with zero attached hydrogens (tertiary/aromatic N) is 1. The number of methoxy groups -OCH3 is 1. The highest BCUT2D eigenvalue weighted by molar-refractivity contribution is 6.32. The number of rotatable bonds is 9. The van der Waals surface area contributed by atoms with Crippen LogP contribution in [0.2, 0.25) is 5.02 Å². The predicted octanol–water partition coefficient (Wildman–Crippen LogP) is 4.50. The van der Waals surface area contributed by atoms with Crippen LogP contribution in [0.5, 0.6) is 11.5 Å². The molecule has 0 bridgehead atoms. The van der Waals surface area contributed by atoms with Gasteiger partial charge in [0.1, 0.15) is 6.61 Å². The van der Waals surface area contributed by atoms with Crippen LogP contribution >= 0.6 is 11.6 Å². The fraction of sp³-hybridized carbons (Fsp3) is 0.455. The average molecular weight is 389 g/mol. The first-order valence-electron chi connectivity index (χ1n) is 9.69. The minimum Gasteiger partial charge on any atom is -0.493 e. The molecule has 0 saturated carbocycles. The smallest absolute Gasteiger partial charge is 0.180 e. The zero-order valence-electron chi connectivity index (χ0n) is 16.2. The summed E-state index contributed by atoms with van der Waals surface area (Å²) in [6.07, 6.45) is 2.57. The average Bonchev–Trinajstić information content (AvgIpc) is 3.15. The topological polar surface area (TPSA) is 33.7 Å². The van der Waals surface area contributed by atoms with Crippen LogP contribution in [-0.2, 0) is 13.2 Å². The first kappa shape index (κ1) is 20.0. The van der Waals surface area contributed by atoms with Crippen LogP contribution in [0.1, 0.15) is 30.9 Å². The van der Waals surface area contributed by atoms with Gasteiger partial charge in [-0.15, -0.1) is 0 Å². The summed E-state index contributed by atoms with van der Waals surface area (Å²) in [4.78, 5) is 2.54. The molecule has 1 aliphatic rings. The van der Waals surface area contributed by atoms with Gasteiger partial charge in [-0.05, 0) is 49.2 Å². The molecule has 2 aromatic carbocycles. The molecule has 2 aromatic rings. The molecule has 1 heterocycles. The van der Waals surface area contributed by atoms with E-state index in [0.717, 1.165) is 30.8 Å². The summed E-state index contributed by atoms with van der Waals surface area (Å²) in [6.45, 7) is 6.80. The van der Waals surface area contributed by atoms with Crippen molar-refractivity contribution in [3.05, 3.63) is 58.6 Å². The molecule has 0 spiro atoms. The summed E-state index contributed by atoms with van der Waals surface area (Å²) in [5.74, 6) is 1.27. The minimum absolute atomic E-state index is 0.461. The molecule has 4 nitrogen and oxygen atoms in total. The number of nitrogens with one attached hydrogen (secondary N) is 1. The maximum Gasteiger partial charge on any atom is 0.180 e. The first-order valence-corrected chi connectivity index (χ1v) is 10.1. The minimum atomic E-state index is 0.461. The normalized spacial score (nSPS) is 17.2. The largest absolute Gasteiger partial charge is 0.493 e. The van der Waals surface area contributed by atoms with Crippen molar-refractivity contribution in [3.63, 3.8) is 0 Å². The number of likely N-dealkylation sites (N-methyl/N-ethyl adjacent to an activating group) is 1. The molecule has 1 saturated heterocycles. The van der Waals surface area contributed by atoms with Crippen molar-refractivity contribution in [2.24, 2.45) is 0 Å². The number of likely N-dealkylation sites (tertiary alicyclic amines) is 1. The second-order valence-electron chi connectivity index (χ2n) is 6.94. The molecule has 0 amide bonds. The van der Waals surface area contributed by atoms with E-state index in [1.165, 1.54) is 19.4 Å². The van der Waals surface area contributed by atoms with Crippen LogP contribution in [0.25, 0.3) is 0 Å². The Hall–Kier alpha value is -1.75. The highest BCUT2D eigenvalue weighted by atomic mass is 35.5. The van der Waals surface area contributed by atoms with E-state index in [1.54, 1.807) is 7.11 Å². The molecular weight excluding hydrogens is 360 g/mol. The van der Waals surface area contributed by atoms with E-state index in [0.29, 0.717) is 29.2 Å². The predicted molar refractivity (Wildman–Crippen MR) is 111 cm³/mol. The van der Waals surface area contributed by atoms with Gasteiger partial charge in [-0.25, -0.2) is 0 Å². The lowest BCUT2D eigenvalue weighted by atomic mass is 10.1. The Labute approximate surface area is 167 Å². The van der Waals surface area contributed by atoms with Gasteiger partial charge in [0.15, 0.2) is 11.5 Å². The van der Waals surface area contributed by atoms with Gasteiger partial charge in [-0.3, -0.25) is 4.90 Å². The van der Waals surface area contributed by atoms with Crippen molar-refractivity contribution in [1.82, 2.24) is 10.2 Å². The molecule has 27 heavy (non-hydrogen) atoms. The van der Waals surface area contributed by atoms with Gasteiger partial charge in [0.25, 0.3) is 0 Å². The van der Waals surface area contributed by atoms with Crippen LogP contribution in [0, 0.1) is 0 Å². The summed E-state index contributed by atoms with van der Waals surface area (Å²) in [6, 6.07) is 14.6. The van der Waals surface area contributed by atoms with E-state index in [1.807, 2.05) is 42.5 Å². The van der Waals surface area contributed by atoms with Gasteiger partial charge in [0.05, 0.1) is 12.1 Å². The quantitative estimate of drug-likeness (QED) is 0.685. The van der Waals surface area contributed by atoms with Crippen LogP contribution in [0.4, 0.5) is 0 Å². The van der Waals surface area contributed by atoms with Crippen molar-refractivity contribution in [2.75, 3.05) is 26.7 Å². The number of hydrogen-bond acceptors (Lipinski definition) is 4. The zero-order valence-corrected chi connectivity index (χ0v) is 17.0. The van der Waals surface area contributed by atoms with Crippen LogP contribution in [0.15, 0.2) is 42.5 Å². The third kappa shape index (κ3) is 5.38. The fourth-order valence-corrected chi connectivity index (χ4v) is 3.96. The highest BCUT2D eigenvalue weighted by Crippen LogP contribution is 2.37. The molecular formula is C22H29ClN2O2. The van der Waals surface area contributed by atoms with Crippen molar-refractivity contribution >= 4 is 11.6 Å². The molecule has 0 radical (unpaired) electrons. The lowest BCUT2D eigenvalue weighted by molar-refractivity contribution is 0.260. The maximum absolute atomic E-state index is 6.49. The second kappa shape index (κ2) is 9.98. The van der Waals surface area contributed by atoms with Gasteiger partial charge in [0.2, 0.25) is 0 Å². The van der Waals surface area contributed by atoms with E-state index in [-0.39, 0.29) is 0 Å². The second-order valence-corrected chi connectivity index (χ2v) is 7.35. The lowest BCUT2D eigenvalue weighted by Gasteiger charge is -2.23. The Morgan fingerprint density at radius 1 is 1.19 bits per heavy atom. The molecule has 0 aromatic heterocycles. The van der Waals surface area contributed by atoms with Crippen LogP contribution in [0.3, 0.4) is 0 Å². The van der Waals surface area contributed by atoms with E-state index in [4.69, 9.17) is 21.1 Å². The van der Waals surface area contributed by atoms with E-state index in [9.17, 15) is 0 Å². The number of ether oxygens (including phenoxy) is 2. The van der Waals surface area contributed by atoms with Gasteiger partial charge < -0.3 is 14.8 Å². The molecule has 5 heteroatoms. The Kier molecular flexibility index (Phi) is 7.39. The Morgan fingerprint density at radius 2 is 2.00 bits per heavy atom. The Bertz CT molecular complexity index is 724. The van der Waals surface area contributed by atoms with Gasteiger partial charge in [-0.2, -0.15) is 0 Å². The number of hydrogen-bond donors (Lipinski definition) is 1. The monoisotopic (exact) mass is 388 g/mol. The molecule has 1 fully saturated rings. The lowest BCUT2D eigenvalue weighted by Crippen LogP contribution is -2.37. The summed E-state index contributed by atoms with van der Waals surface area (Å²) < 4.78 is 11.5. The summed E-state index contributed by atoms with van der Waals surface area (Å²) in [5, 5.41) is 4.15. The summed E-state index contributed by atoms with van der Waals surface area (Å²) in [7, 11) is 1.65. The Balaban J connectivity index is 1.59. The van der Waals surface area contributed by atoms with Crippen LogP contribution < -0.4 is 14.8 Å². The maximum atomic E-state index is 6.49. The molecule has 3 rings (SSSR count).